The average molecular weight is 405 g/mol. The fourth-order valence-corrected chi connectivity index (χ4v) is 6.39. The fourth-order valence-electron chi connectivity index (χ4n) is 3.55. The van der Waals surface area contributed by atoms with Gasteiger partial charge >= 0.3 is 0 Å². The summed E-state index contributed by atoms with van der Waals surface area (Å²) in [6.45, 7) is 2.04. The van der Waals surface area contributed by atoms with Gasteiger partial charge in [-0.1, -0.05) is 97.9 Å². The molecule has 3 aromatic carbocycles. The zero-order chi connectivity index (χ0) is 20.5. The van der Waals surface area contributed by atoms with Crippen molar-refractivity contribution in [1.82, 2.24) is 5.32 Å². The monoisotopic (exact) mass is 405 g/mol. The molecule has 2 N–H and O–H groups in total. The summed E-state index contributed by atoms with van der Waals surface area (Å²) in [5, 5.41) is 15.4. The molecule has 2 atom stereocenters. The van der Waals surface area contributed by atoms with Crippen LogP contribution in [0.1, 0.15) is 31.4 Å². The summed E-state index contributed by atoms with van der Waals surface area (Å²) in [5.74, 6) is -0.0147. The summed E-state index contributed by atoms with van der Waals surface area (Å²) in [4.78, 5) is 12.9. The van der Waals surface area contributed by atoms with Gasteiger partial charge in [0.05, 0.1) is 12.6 Å². The van der Waals surface area contributed by atoms with Crippen molar-refractivity contribution in [3.8, 4) is 0 Å². The van der Waals surface area contributed by atoms with E-state index in [1.165, 1.54) is 10.6 Å². The predicted octanol–water partition coefficient (Wildman–Crippen LogP) is 4.14. The highest BCUT2D eigenvalue weighted by molar-refractivity contribution is 7.73. The van der Waals surface area contributed by atoms with Crippen LogP contribution in [-0.2, 0) is 4.79 Å². The lowest BCUT2D eigenvalue weighted by molar-refractivity contribution is -0.122. The standard InChI is InChI=1S/C25H28NO2P/c1-2-21(18-25(28)26-24(19-27)20-12-6-3-7-13-20)29(22-14-8-4-9-15-22)23-16-10-5-11-17-23/h3-17,21,24,27H,2,18-19H2,1H3,(H,26,28)/t21-,24-/m0/s1. The highest BCUT2D eigenvalue weighted by Crippen LogP contribution is 2.42. The number of rotatable bonds is 9. The molecule has 0 aliphatic carbocycles. The first-order valence-electron chi connectivity index (χ1n) is 10.1. The molecule has 150 valence electrons. The fraction of sp³-hybridized carbons (Fsp3) is 0.240. The van der Waals surface area contributed by atoms with Gasteiger partial charge in [-0.25, -0.2) is 0 Å². The number of hydrogen-bond acceptors (Lipinski definition) is 2. The predicted molar refractivity (Wildman–Crippen MR) is 122 cm³/mol. The third kappa shape index (κ3) is 5.76. The summed E-state index contributed by atoms with van der Waals surface area (Å²) in [5.41, 5.74) is 1.15. The van der Waals surface area contributed by atoms with Gasteiger partial charge in [0.25, 0.3) is 0 Å². The van der Waals surface area contributed by atoms with Gasteiger partial charge in [-0.2, -0.15) is 0 Å². The summed E-state index contributed by atoms with van der Waals surface area (Å²) < 4.78 is 0. The minimum atomic E-state index is -0.654. The number of carbonyl (C=O) groups is 1. The largest absolute Gasteiger partial charge is 0.394 e. The topological polar surface area (TPSA) is 49.3 Å². The average Bonchev–Trinajstić information content (AvgIpc) is 2.79. The van der Waals surface area contributed by atoms with Gasteiger partial charge < -0.3 is 10.4 Å². The van der Waals surface area contributed by atoms with E-state index >= 15 is 0 Å². The Morgan fingerprint density at radius 3 is 1.79 bits per heavy atom. The van der Waals surface area contributed by atoms with E-state index in [1.807, 2.05) is 42.5 Å². The first-order valence-corrected chi connectivity index (χ1v) is 11.5. The van der Waals surface area contributed by atoms with E-state index in [9.17, 15) is 9.90 Å². The summed E-state index contributed by atoms with van der Waals surface area (Å²) >= 11 is 0. The summed E-state index contributed by atoms with van der Waals surface area (Å²) in [6.07, 6.45) is 1.35. The van der Waals surface area contributed by atoms with Gasteiger partial charge in [0.15, 0.2) is 0 Å². The van der Waals surface area contributed by atoms with E-state index in [0.717, 1.165) is 12.0 Å². The maximum Gasteiger partial charge on any atom is 0.221 e. The molecule has 0 saturated heterocycles. The van der Waals surface area contributed by atoms with Crippen molar-refractivity contribution >= 4 is 24.4 Å². The van der Waals surface area contributed by atoms with Crippen LogP contribution in [0.4, 0.5) is 0 Å². The highest BCUT2D eigenvalue weighted by Gasteiger charge is 2.26. The zero-order valence-electron chi connectivity index (χ0n) is 16.7. The van der Waals surface area contributed by atoms with Crippen LogP contribution in [-0.4, -0.2) is 23.3 Å². The lowest BCUT2D eigenvalue weighted by Gasteiger charge is -2.28. The van der Waals surface area contributed by atoms with E-state index < -0.39 is 7.92 Å². The molecule has 0 fully saturated rings. The molecule has 0 heterocycles. The molecule has 0 aliphatic rings. The van der Waals surface area contributed by atoms with Crippen molar-refractivity contribution in [3.05, 3.63) is 96.6 Å². The summed E-state index contributed by atoms with van der Waals surface area (Å²) in [6, 6.07) is 30.2. The number of aliphatic hydroxyl groups excluding tert-OH is 1. The first-order chi connectivity index (χ1) is 14.2. The molecule has 0 unspecified atom stereocenters. The Hall–Kier alpha value is -2.48. The summed E-state index contributed by atoms with van der Waals surface area (Å²) in [7, 11) is -0.654. The molecule has 3 rings (SSSR count). The quantitative estimate of drug-likeness (QED) is 0.526. The number of carbonyl (C=O) groups excluding carboxylic acids is 1. The molecule has 3 aromatic rings. The lowest BCUT2D eigenvalue weighted by Crippen LogP contribution is -2.34. The van der Waals surface area contributed by atoms with Gasteiger partial charge in [0.1, 0.15) is 0 Å². The molecule has 1 amide bonds. The van der Waals surface area contributed by atoms with Crippen molar-refractivity contribution in [1.29, 1.82) is 0 Å². The molecule has 0 aromatic heterocycles. The van der Waals surface area contributed by atoms with Crippen LogP contribution in [0.2, 0.25) is 0 Å². The van der Waals surface area contributed by atoms with Gasteiger partial charge in [-0.15, -0.1) is 0 Å². The van der Waals surface area contributed by atoms with Gasteiger partial charge in [0, 0.05) is 6.42 Å². The number of hydrogen-bond donors (Lipinski definition) is 2. The van der Waals surface area contributed by atoms with Gasteiger partial charge in [0.2, 0.25) is 5.91 Å². The molecular formula is C25H28NO2P. The van der Waals surface area contributed by atoms with E-state index in [0.29, 0.717) is 6.42 Å². The van der Waals surface area contributed by atoms with Crippen LogP contribution >= 0.6 is 7.92 Å². The van der Waals surface area contributed by atoms with Crippen LogP contribution in [0.5, 0.6) is 0 Å². The lowest BCUT2D eigenvalue weighted by atomic mass is 10.1. The molecule has 4 heteroatoms. The Bertz CT molecular complexity index is 832. The second-order valence-electron chi connectivity index (χ2n) is 7.02. The van der Waals surface area contributed by atoms with Crippen LogP contribution in [0.15, 0.2) is 91.0 Å². The van der Waals surface area contributed by atoms with Crippen LogP contribution < -0.4 is 15.9 Å². The number of benzene rings is 3. The Balaban J connectivity index is 1.79. The first kappa shape index (κ1) is 21.2. The zero-order valence-corrected chi connectivity index (χ0v) is 17.6. The van der Waals surface area contributed by atoms with Crippen LogP contribution in [0.25, 0.3) is 0 Å². The van der Waals surface area contributed by atoms with Crippen molar-refractivity contribution in [3.63, 3.8) is 0 Å². The van der Waals surface area contributed by atoms with Crippen LogP contribution in [0, 0.1) is 0 Å². The number of nitrogens with one attached hydrogen (secondary N) is 1. The molecule has 3 nitrogen and oxygen atoms in total. The molecule has 0 aliphatic heterocycles. The molecular weight excluding hydrogens is 377 g/mol. The maximum atomic E-state index is 12.9. The Morgan fingerprint density at radius 2 is 1.34 bits per heavy atom. The van der Waals surface area contributed by atoms with Crippen molar-refractivity contribution in [2.75, 3.05) is 6.61 Å². The minimum Gasteiger partial charge on any atom is -0.394 e. The Labute approximate surface area is 174 Å². The smallest absolute Gasteiger partial charge is 0.221 e. The molecule has 0 saturated carbocycles. The van der Waals surface area contributed by atoms with Crippen molar-refractivity contribution < 1.29 is 9.90 Å². The van der Waals surface area contributed by atoms with Gasteiger partial charge in [-0.05, 0) is 36.2 Å². The number of amides is 1. The Morgan fingerprint density at radius 1 is 0.862 bits per heavy atom. The van der Waals surface area contributed by atoms with E-state index in [4.69, 9.17) is 0 Å². The SMILES string of the molecule is CC[C@@H](CC(=O)N[C@@H](CO)c1ccccc1)P(c1ccccc1)c1ccccc1. The van der Waals surface area contributed by atoms with Gasteiger partial charge in [-0.3, -0.25) is 4.79 Å². The van der Waals surface area contributed by atoms with Crippen molar-refractivity contribution in [2.45, 2.75) is 31.5 Å². The van der Waals surface area contributed by atoms with E-state index in [-0.39, 0.29) is 24.2 Å². The van der Waals surface area contributed by atoms with Crippen LogP contribution in [0.3, 0.4) is 0 Å². The molecule has 29 heavy (non-hydrogen) atoms. The second-order valence-corrected chi connectivity index (χ2v) is 9.52. The number of aliphatic hydroxyl groups is 1. The Kier molecular flexibility index (Phi) is 7.98. The van der Waals surface area contributed by atoms with E-state index in [1.54, 1.807) is 0 Å². The highest BCUT2D eigenvalue weighted by atomic mass is 31.1. The van der Waals surface area contributed by atoms with Crippen molar-refractivity contribution in [2.24, 2.45) is 0 Å². The minimum absolute atomic E-state index is 0.0147. The third-order valence-electron chi connectivity index (χ3n) is 5.05. The maximum absolute atomic E-state index is 12.9. The normalized spacial score (nSPS) is 13.1. The molecule has 0 radical (unpaired) electrons. The molecule has 0 bridgehead atoms. The molecule has 0 spiro atoms. The second kappa shape index (κ2) is 10.9. The third-order valence-corrected chi connectivity index (χ3v) is 8.03. The van der Waals surface area contributed by atoms with E-state index in [2.05, 4.69) is 60.8 Å².